The van der Waals surface area contributed by atoms with E-state index in [1.165, 1.54) is 6.07 Å². The van der Waals surface area contributed by atoms with Crippen LogP contribution in [0, 0.1) is 10.1 Å². The van der Waals surface area contributed by atoms with Gasteiger partial charge in [0.1, 0.15) is 11.4 Å². The molecule has 0 saturated heterocycles. The number of hydrogen-bond donors (Lipinski definition) is 0. The Kier molecular flexibility index (Phi) is 4.28. The Hall–Kier alpha value is -2.77. The summed E-state index contributed by atoms with van der Waals surface area (Å²) in [5, 5.41) is 11.3. The summed E-state index contributed by atoms with van der Waals surface area (Å²) in [7, 11) is 1.54. The van der Waals surface area contributed by atoms with Crippen molar-refractivity contribution in [3.63, 3.8) is 0 Å². The number of nitrogens with zero attached hydrogens (tertiary/aromatic N) is 2. The Labute approximate surface area is 141 Å². The second-order valence-corrected chi connectivity index (χ2v) is 5.71. The minimum Gasteiger partial charge on any atom is -0.497 e. The minimum absolute atomic E-state index is 0.157. The molecule has 0 spiro atoms. The van der Waals surface area contributed by atoms with Gasteiger partial charge in [0.25, 0.3) is 5.69 Å². The summed E-state index contributed by atoms with van der Waals surface area (Å²) < 4.78 is 43.8. The van der Waals surface area contributed by atoms with Crippen LogP contribution < -0.4 is 9.64 Å². The summed E-state index contributed by atoms with van der Waals surface area (Å²) in [6.07, 6.45) is -3.12. The van der Waals surface area contributed by atoms with E-state index >= 15 is 0 Å². The third-order valence-electron chi connectivity index (χ3n) is 4.20. The first-order valence-electron chi connectivity index (χ1n) is 7.61. The number of nitro groups is 1. The highest BCUT2D eigenvalue weighted by Gasteiger charge is 2.34. The molecule has 0 aromatic heterocycles. The zero-order valence-electron chi connectivity index (χ0n) is 13.3. The third-order valence-corrected chi connectivity index (χ3v) is 4.20. The lowest BCUT2D eigenvalue weighted by Gasteiger charge is -2.31. The molecule has 5 nitrogen and oxygen atoms in total. The number of rotatable bonds is 3. The van der Waals surface area contributed by atoms with Crippen LogP contribution in [0.5, 0.6) is 5.75 Å². The smallest absolute Gasteiger partial charge is 0.416 e. The fourth-order valence-corrected chi connectivity index (χ4v) is 3.02. The van der Waals surface area contributed by atoms with Crippen LogP contribution in [0.1, 0.15) is 17.5 Å². The highest BCUT2D eigenvalue weighted by atomic mass is 19.4. The van der Waals surface area contributed by atoms with Gasteiger partial charge in [-0.2, -0.15) is 13.2 Å². The predicted molar refractivity (Wildman–Crippen MR) is 86.4 cm³/mol. The van der Waals surface area contributed by atoms with Crippen molar-refractivity contribution in [3.05, 3.63) is 57.6 Å². The maximum Gasteiger partial charge on any atom is 0.416 e. The summed E-state index contributed by atoms with van der Waals surface area (Å²) in [4.78, 5) is 12.3. The zero-order chi connectivity index (χ0) is 18.2. The summed E-state index contributed by atoms with van der Waals surface area (Å²) in [5.74, 6) is 0.669. The number of hydrogen-bond acceptors (Lipinski definition) is 4. The molecular weight excluding hydrogens is 337 g/mol. The van der Waals surface area contributed by atoms with E-state index < -0.39 is 22.4 Å². The molecule has 1 heterocycles. The molecule has 0 bridgehead atoms. The first-order valence-corrected chi connectivity index (χ1v) is 7.61. The maximum atomic E-state index is 12.9. The number of aryl methyl sites for hydroxylation is 1. The van der Waals surface area contributed by atoms with E-state index in [2.05, 4.69) is 0 Å². The Morgan fingerprint density at radius 3 is 2.52 bits per heavy atom. The summed E-state index contributed by atoms with van der Waals surface area (Å²) >= 11 is 0. The van der Waals surface area contributed by atoms with Gasteiger partial charge >= 0.3 is 6.18 Å². The van der Waals surface area contributed by atoms with Gasteiger partial charge in [-0.05, 0) is 48.7 Å². The minimum atomic E-state index is -4.63. The molecule has 0 N–H and O–H groups in total. The molecule has 0 fully saturated rings. The van der Waals surface area contributed by atoms with Gasteiger partial charge in [0, 0.05) is 18.3 Å². The molecule has 0 radical (unpaired) electrons. The van der Waals surface area contributed by atoms with Crippen molar-refractivity contribution in [3.8, 4) is 5.75 Å². The van der Waals surface area contributed by atoms with E-state index in [9.17, 15) is 23.3 Å². The fourth-order valence-electron chi connectivity index (χ4n) is 3.02. The molecule has 1 aliphatic rings. The number of halogens is 3. The molecule has 0 aliphatic carbocycles. The Balaban J connectivity index is 2.10. The fraction of sp³-hybridized carbons (Fsp3) is 0.294. The molecule has 0 amide bonds. The van der Waals surface area contributed by atoms with E-state index in [1.807, 2.05) is 6.07 Å². The van der Waals surface area contributed by atoms with Gasteiger partial charge in [-0.15, -0.1) is 0 Å². The van der Waals surface area contributed by atoms with Gasteiger partial charge in [-0.3, -0.25) is 10.1 Å². The number of benzene rings is 2. The number of nitro benzene ring substituents is 1. The monoisotopic (exact) mass is 352 g/mol. The zero-order valence-corrected chi connectivity index (χ0v) is 13.3. The lowest BCUT2D eigenvalue weighted by molar-refractivity contribution is -0.384. The normalized spacial score (nSPS) is 14.2. The number of methoxy groups -OCH3 is 1. The van der Waals surface area contributed by atoms with E-state index in [0.717, 1.165) is 30.2 Å². The van der Waals surface area contributed by atoms with Crippen LogP contribution in [0.4, 0.5) is 30.2 Å². The van der Waals surface area contributed by atoms with Crippen molar-refractivity contribution in [2.45, 2.75) is 19.0 Å². The summed E-state index contributed by atoms with van der Waals surface area (Å²) in [6, 6.07) is 7.98. The van der Waals surface area contributed by atoms with Crippen LogP contribution in [-0.2, 0) is 12.6 Å². The number of ether oxygens (including phenoxy) is 1. The Bertz CT molecular complexity index is 821. The van der Waals surface area contributed by atoms with Crippen molar-refractivity contribution in [2.24, 2.45) is 0 Å². The molecule has 2 aromatic rings. The molecule has 0 saturated carbocycles. The SMILES string of the molecule is COc1ccc2c(c1)CCCN2c1ccc(C(F)(F)F)cc1[N+](=O)[O-]. The average molecular weight is 352 g/mol. The lowest BCUT2D eigenvalue weighted by Crippen LogP contribution is -2.25. The molecule has 132 valence electrons. The van der Waals surface area contributed by atoms with Crippen LogP contribution in [0.3, 0.4) is 0 Å². The van der Waals surface area contributed by atoms with Gasteiger partial charge in [0.15, 0.2) is 0 Å². The molecule has 3 rings (SSSR count). The van der Waals surface area contributed by atoms with Crippen LogP contribution >= 0.6 is 0 Å². The summed E-state index contributed by atoms with van der Waals surface area (Å²) in [6.45, 7) is 0.492. The van der Waals surface area contributed by atoms with Crippen molar-refractivity contribution >= 4 is 17.1 Å². The van der Waals surface area contributed by atoms with Gasteiger partial charge in [0.05, 0.1) is 17.6 Å². The highest BCUT2D eigenvalue weighted by molar-refractivity contribution is 5.75. The van der Waals surface area contributed by atoms with Gasteiger partial charge in [-0.1, -0.05) is 0 Å². The van der Waals surface area contributed by atoms with E-state index in [-0.39, 0.29) is 5.69 Å². The molecule has 1 aliphatic heterocycles. The van der Waals surface area contributed by atoms with Gasteiger partial charge in [-0.25, -0.2) is 0 Å². The first kappa shape index (κ1) is 17.1. The number of alkyl halides is 3. The van der Waals surface area contributed by atoms with Crippen LogP contribution in [-0.4, -0.2) is 18.6 Å². The van der Waals surface area contributed by atoms with Crippen molar-refractivity contribution < 1.29 is 22.8 Å². The number of anilines is 2. The summed E-state index contributed by atoms with van der Waals surface area (Å²) in [5.41, 5.74) is 0.257. The number of fused-ring (bicyclic) bond motifs is 1. The van der Waals surface area contributed by atoms with Gasteiger partial charge < -0.3 is 9.64 Å². The van der Waals surface area contributed by atoms with Gasteiger partial charge in [0.2, 0.25) is 0 Å². The van der Waals surface area contributed by atoms with Crippen molar-refractivity contribution in [1.82, 2.24) is 0 Å². The maximum absolute atomic E-state index is 12.9. The predicted octanol–water partition coefficient (Wildman–Crippen LogP) is 4.71. The molecule has 8 heteroatoms. The van der Waals surface area contributed by atoms with Crippen molar-refractivity contribution in [2.75, 3.05) is 18.6 Å². The first-order chi connectivity index (χ1) is 11.8. The van der Waals surface area contributed by atoms with Crippen LogP contribution in [0.2, 0.25) is 0 Å². The molecule has 2 aromatic carbocycles. The van der Waals surface area contributed by atoms with E-state index in [4.69, 9.17) is 4.74 Å². The molecule has 0 atom stereocenters. The Morgan fingerprint density at radius 1 is 1.16 bits per heavy atom. The quantitative estimate of drug-likeness (QED) is 0.593. The second-order valence-electron chi connectivity index (χ2n) is 5.71. The van der Waals surface area contributed by atoms with Crippen LogP contribution in [0.15, 0.2) is 36.4 Å². The van der Waals surface area contributed by atoms with Crippen LogP contribution in [0.25, 0.3) is 0 Å². The van der Waals surface area contributed by atoms with E-state index in [1.54, 1.807) is 24.1 Å². The standard InChI is InChI=1S/C17H15F3N2O3/c1-25-13-5-7-14-11(9-13)3-2-8-21(14)15-6-4-12(17(18,19)20)10-16(15)22(23)24/h4-7,9-10H,2-3,8H2,1H3. The van der Waals surface area contributed by atoms with Crippen molar-refractivity contribution in [1.29, 1.82) is 0 Å². The molecular formula is C17H15F3N2O3. The lowest BCUT2D eigenvalue weighted by atomic mass is 10.00. The largest absolute Gasteiger partial charge is 0.497 e. The molecule has 0 unspecified atom stereocenters. The molecule has 25 heavy (non-hydrogen) atoms. The highest BCUT2D eigenvalue weighted by Crippen LogP contribution is 2.42. The third kappa shape index (κ3) is 3.24. The topological polar surface area (TPSA) is 55.6 Å². The second kappa shape index (κ2) is 6.27. The average Bonchev–Trinajstić information content (AvgIpc) is 2.59. The Morgan fingerprint density at radius 2 is 1.88 bits per heavy atom. The van der Waals surface area contributed by atoms with E-state index in [0.29, 0.717) is 18.4 Å².